The summed E-state index contributed by atoms with van der Waals surface area (Å²) in [5.74, 6) is -0.413. The van der Waals surface area contributed by atoms with Crippen molar-refractivity contribution in [3.63, 3.8) is 0 Å². The van der Waals surface area contributed by atoms with E-state index in [1.54, 1.807) is 30.3 Å². The number of nitrogens with zero attached hydrogens (tertiary/aromatic N) is 1. The molecule has 0 saturated heterocycles. The summed E-state index contributed by atoms with van der Waals surface area (Å²) in [6.45, 7) is -0.479. The summed E-state index contributed by atoms with van der Waals surface area (Å²) >= 11 is 0. The van der Waals surface area contributed by atoms with Crippen LogP contribution in [0.1, 0.15) is 15.9 Å². The van der Waals surface area contributed by atoms with Crippen molar-refractivity contribution < 1.29 is 28.9 Å². The minimum atomic E-state index is -1.09. The number of nitrogens with one attached hydrogen (secondary N) is 1. The van der Waals surface area contributed by atoms with Crippen LogP contribution < -0.4 is 19.6 Å². The first-order valence-corrected chi connectivity index (χ1v) is 8.94. The largest absolute Gasteiger partial charge is 0.496 e. The number of benzene rings is 3. The predicted octanol–water partition coefficient (Wildman–Crippen LogP) is 3.08. The number of carboxylic acids is 1. The van der Waals surface area contributed by atoms with Crippen LogP contribution in [0.3, 0.4) is 0 Å². The van der Waals surface area contributed by atoms with Gasteiger partial charge in [-0.25, -0.2) is 10.2 Å². The summed E-state index contributed by atoms with van der Waals surface area (Å²) < 4.78 is 15.7. The molecule has 3 aromatic rings. The van der Waals surface area contributed by atoms with E-state index < -0.39 is 18.5 Å². The van der Waals surface area contributed by atoms with Crippen molar-refractivity contribution >= 4 is 28.9 Å². The van der Waals surface area contributed by atoms with Crippen molar-refractivity contribution in [1.82, 2.24) is 5.43 Å². The van der Waals surface area contributed by atoms with Crippen molar-refractivity contribution in [3.8, 4) is 17.2 Å². The van der Waals surface area contributed by atoms with Crippen molar-refractivity contribution in [1.29, 1.82) is 0 Å². The number of methoxy groups -OCH3 is 2. The van der Waals surface area contributed by atoms with Gasteiger partial charge in [0.25, 0.3) is 5.91 Å². The molecule has 0 bridgehead atoms. The Kier molecular flexibility index (Phi) is 6.49. The van der Waals surface area contributed by atoms with Gasteiger partial charge in [0.05, 0.1) is 26.0 Å². The maximum atomic E-state index is 12.6. The van der Waals surface area contributed by atoms with E-state index in [-0.39, 0.29) is 0 Å². The molecule has 154 valence electrons. The SMILES string of the molecule is COc1cc(/C=N/NC(=O)c2cc3ccccc3cc2OC)ccc1OCC(=O)O. The Labute approximate surface area is 172 Å². The number of amides is 1. The maximum Gasteiger partial charge on any atom is 0.341 e. The molecule has 30 heavy (non-hydrogen) atoms. The van der Waals surface area contributed by atoms with Gasteiger partial charge in [-0.15, -0.1) is 0 Å². The Bertz CT molecular complexity index is 1110. The Morgan fingerprint density at radius 2 is 1.67 bits per heavy atom. The van der Waals surface area contributed by atoms with Crippen LogP contribution in [0, 0.1) is 0 Å². The average Bonchev–Trinajstić information content (AvgIpc) is 2.76. The van der Waals surface area contributed by atoms with Gasteiger partial charge >= 0.3 is 5.97 Å². The van der Waals surface area contributed by atoms with E-state index in [2.05, 4.69) is 10.5 Å². The molecule has 3 rings (SSSR count). The number of fused-ring (bicyclic) bond motifs is 1. The van der Waals surface area contributed by atoms with Gasteiger partial charge in [0, 0.05) is 0 Å². The quantitative estimate of drug-likeness (QED) is 0.438. The molecule has 0 fully saturated rings. The molecule has 0 aliphatic heterocycles. The zero-order valence-corrected chi connectivity index (χ0v) is 16.4. The molecule has 0 radical (unpaired) electrons. The Balaban J connectivity index is 1.74. The van der Waals surface area contributed by atoms with Gasteiger partial charge in [-0.2, -0.15) is 5.10 Å². The van der Waals surface area contributed by atoms with E-state index in [1.165, 1.54) is 20.4 Å². The molecule has 1 amide bonds. The molecule has 2 N–H and O–H groups in total. The van der Waals surface area contributed by atoms with Crippen LogP contribution in [0.5, 0.6) is 17.2 Å². The molecule has 8 nitrogen and oxygen atoms in total. The van der Waals surface area contributed by atoms with Crippen LogP contribution in [-0.4, -0.2) is 44.0 Å². The second kappa shape index (κ2) is 9.42. The molecule has 0 aliphatic rings. The van der Waals surface area contributed by atoms with Crippen molar-refractivity contribution in [3.05, 3.63) is 65.7 Å². The van der Waals surface area contributed by atoms with Gasteiger partial charge in [-0.05, 0) is 46.7 Å². The molecule has 0 heterocycles. The minimum Gasteiger partial charge on any atom is -0.496 e. The van der Waals surface area contributed by atoms with Crippen LogP contribution in [0.4, 0.5) is 0 Å². The highest BCUT2D eigenvalue weighted by Gasteiger charge is 2.13. The van der Waals surface area contributed by atoms with E-state index in [9.17, 15) is 9.59 Å². The molecule has 0 spiro atoms. The summed E-state index contributed by atoms with van der Waals surface area (Å²) in [4.78, 5) is 23.2. The standard InChI is InChI=1S/C22H20N2O6/c1-28-19-11-16-6-4-3-5-15(16)10-17(19)22(27)24-23-12-14-7-8-18(20(9-14)29-2)30-13-21(25)26/h3-12H,13H2,1-2H3,(H,24,27)(H,25,26)/b23-12+. The molecule has 0 atom stereocenters. The molecular weight excluding hydrogens is 388 g/mol. The summed E-state index contributed by atoms with van der Waals surface area (Å²) in [6, 6.07) is 16.0. The normalized spacial score (nSPS) is 10.7. The van der Waals surface area contributed by atoms with Gasteiger partial charge in [0.15, 0.2) is 18.1 Å². The van der Waals surface area contributed by atoms with Crippen LogP contribution in [0.2, 0.25) is 0 Å². The lowest BCUT2D eigenvalue weighted by Crippen LogP contribution is -2.18. The highest BCUT2D eigenvalue weighted by Crippen LogP contribution is 2.28. The van der Waals surface area contributed by atoms with Gasteiger partial charge in [0.2, 0.25) is 0 Å². The summed E-state index contributed by atoms with van der Waals surface area (Å²) in [5.41, 5.74) is 3.47. The number of carbonyl (C=O) groups is 2. The van der Waals surface area contributed by atoms with E-state index >= 15 is 0 Å². The molecule has 8 heteroatoms. The maximum absolute atomic E-state index is 12.6. The van der Waals surface area contributed by atoms with Crippen molar-refractivity contribution in [2.75, 3.05) is 20.8 Å². The first-order valence-electron chi connectivity index (χ1n) is 8.94. The predicted molar refractivity (Wildman–Crippen MR) is 112 cm³/mol. The zero-order chi connectivity index (χ0) is 21.5. The third-order valence-electron chi connectivity index (χ3n) is 4.23. The number of hydrazone groups is 1. The van der Waals surface area contributed by atoms with Gasteiger partial charge in [0.1, 0.15) is 5.75 Å². The summed E-state index contributed by atoms with van der Waals surface area (Å²) in [7, 11) is 2.95. The second-order valence-electron chi connectivity index (χ2n) is 6.19. The fourth-order valence-corrected chi connectivity index (χ4v) is 2.81. The van der Waals surface area contributed by atoms with Gasteiger partial charge in [-0.1, -0.05) is 24.3 Å². The lowest BCUT2D eigenvalue weighted by Gasteiger charge is -2.10. The van der Waals surface area contributed by atoms with Crippen LogP contribution in [-0.2, 0) is 4.79 Å². The molecule has 0 aromatic heterocycles. The Hall–Kier alpha value is -4.07. The first-order chi connectivity index (χ1) is 14.5. The Morgan fingerprint density at radius 3 is 2.33 bits per heavy atom. The molecular formula is C22H20N2O6. The highest BCUT2D eigenvalue weighted by atomic mass is 16.5. The minimum absolute atomic E-state index is 0.294. The van der Waals surface area contributed by atoms with Gasteiger partial charge < -0.3 is 19.3 Å². The lowest BCUT2D eigenvalue weighted by molar-refractivity contribution is -0.139. The van der Waals surface area contributed by atoms with Crippen molar-refractivity contribution in [2.45, 2.75) is 0 Å². The summed E-state index contributed by atoms with van der Waals surface area (Å²) in [6.07, 6.45) is 1.44. The number of carboxylic acid groups (broad SMARTS) is 1. The van der Waals surface area contributed by atoms with Crippen LogP contribution >= 0.6 is 0 Å². The third-order valence-corrected chi connectivity index (χ3v) is 4.23. The molecule has 0 saturated carbocycles. The van der Waals surface area contributed by atoms with Crippen molar-refractivity contribution in [2.24, 2.45) is 5.10 Å². The third kappa shape index (κ3) is 4.85. The van der Waals surface area contributed by atoms with Gasteiger partial charge in [-0.3, -0.25) is 4.79 Å². The smallest absolute Gasteiger partial charge is 0.341 e. The topological polar surface area (TPSA) is 106 Å². The second-order valence-corrected chi connectivity index (χ2v) is 6.19. The summed E-state index contributed by atoms with van der Waals surface area (Å²) in [5, 5.41) is 14.6. The Morgan fingerprint density at radius 1 is 0.967 bits per heavy atom. The fraction of sp³-hybridized carbons (Fsp3) is 0.136. The monoisotopic (exact) mass is 408 g/mol. The number of rotatable bonds is 8. The molecule has 3 aromatic carbocycles. The van der Waals surface area contributed by atoms with E-state index in [1.807, 2.05) is 24.3 Å². The number of hydrogen-bond acceptors (Lipinski definition) is 6. The number of carbonyl (C=O) groups excluding carboxylic acids is 1. The first kappa shape index (κ1) is 20.7. The van der Waals surface area contributed by atoms with E-state index in [0.717, 1.165) is 10.8 Å². The zero-order valence-electron chi connectivity index (χ0n) is 16.4. The average molecular weight is 408 g/mol. The van der Waals surface area contributed by atoms with E-state index in [0.29, 0.717) is 28.4 Å². The number of ether oxygens (including phenoxy) is 3. The number of aliphatic carboxylic acids is 1. The van der Waals surface area contributed by atoms with Crippen LogP contribution in [0.15, 0.2) is 59.7 Å². The van der Waals surface area contributed by atoms with Crippen LogP contribution in [0.25, 0.3) is 10.8 Å². The fourth-order valence-electron chi connectivity index (χ4n) is 2.81. The number of hydrogen-bond donors (Lipinski definition) is 2. The molecule has 0 unspecified atom stereocenters. The van der Waals surface area contributed by atoms with E-state index in [4.69, 9.17) is 19.3 Å². The lowest BCUT2D eigenvalue weighted by atomic mass is 10.1. The highest BCUT2D eigenvalue weighted by molar-refractivity contribution is 6.02. The molecule has 0 aliphatic carbocycles.